The van der Waals surface area contributed by atoms with E-state index in [1.165, 1.54) is 18.9 Å². The lowest BCUT2D eigenvalue weighted by Gasteiger charge is -2.17. The van der Waals surface area contributed by atoms with Crippen molar-refractivity contribution in [2.24, 2.45) is 0 Å². The lowest BCUT2D eigenvalue weighted by atomic mass is 10.1. The minimum Gasteiger partial charge on any atom is -0.469 e. The fourth-order valence-corrected chi connectivity index (χ4v) is 1.47. The fourth-order valence-electron chi connectivity index (χ4n) is 1.47. The van der Waals surface area contributed by atoms with Crippen LogP contribution in [0.2, 0.25) is 0 Å². The number of ketones is 1. The number of anilines is 1. The number of nitrogens with one attached hydrogen (secondary N) is 1. The van der Waals surface area contributed by atoms with Gasteiger partial charge < -0.3 is 15.0 Å². The molecule has 0 unspecified atom stereocenters. The summed E-state index contributed by atoms with van der Waals surface area (Å²) in [6.07, 6.45) is 0.143. The maximum Gasteiger partial charge on any atom is 0.321 e. The van der Waals surface area contributed by atoms with Crippen LogP contribution in [0, 0.1) is 0 Å². The number of Topliss-reactive ketones (excluding diaryl/α,β-unsaturated/α-hetero) is 1. The molecule has 0 spiro atoms. The normalized spacial score (nSPS) is 9.75. The third-order valence-electron chi connectivity index (χ3n) is 2.77. The van der Waals surface area contributed by atoms with Crippen LogP contribution < -0.4 is 5.32 Å². The average molecular weight is 278 g/mol. The Bertz CT molecular complexity index is 496. The van der Waals surface area contributed by atoms with Gasteiger partial charge in [0.25, 0.3) is 0 Å². The molecule has 20 heavy (non-hydrogen) atoms. The van der Waals surface area contributed by atoms with Crippen LogP contribution in [0.1, 0.15) is 23.7 Å². The number of urea groups is 1. The molecule has 1 aromatic carbocycles. The van der Waals surface area contributed by atoms with Crippen molar-refractivity contribution in [1.29, 1.82) is 0 Å². The molecule has 1 aromatic rings. The number of benzene rings is 1. The molecule has 0 aliphatic heterocycles. The van der Waals surface area contributed by atoms with Crippen molar-refractivity contribution in [3.8, 4) is 0 Å². The minimum atomic E-state index is -0.365. The average Bonchev–Trinajstić information content (AvgIpc) is 2.44. The number of hydrogen-bond donors (Lipinski definition) is 1. The summed E-state index contributed by atoms with van der Waals surface area (Å²) >= 11 is 0. The Hall–Kier alpha value is -2.37. The fraction of sp³-hybridized carbons (Fsp3) is 0.357. The largest absolute Gasteiger partial charge is 0.469 e. The van der Waals surface area contributed by atoms with Crippen molar-refractivity contribution in [2.45, 2.75) is 13.3 Å². The smallest absolute Gasteiger partial charge is 0.321 e. The molecule has 2 amide bonds. The summed E-state index contributed by atoms with van der Waals surface area (Å²) in [7, 11) is 2.89. The molecule has 108 valence electrons. The van der Waals surface area contributed by atoms with E-state index in [0.717, 1.165) is 0 Å². The third kappa shape index (κ3) is 4.72. The van der Waals surface area contributed by atoms with Crippen LogP contribution >= 0.6 is 0 Å². The maximum atomic E-state index is 11.8. The lowest BCUT2D eigenvalue weighted by molar-refractivity contribution is -0.140. The molecule has 6 heteroatoms. The number of nitrogens with zero attached hydrogens (tertiary/aromatic N) is 1. The van der Waals surface area contributed by atoms with Crippen LogP contribution in [-0.2, 0) is 9.53 Å². The quantitative estimate of drug-likeness (QED) is 0.659. The molecule has 0 fully saturated rings. The number of ether oxygens (including phenoxy) is 1. The van der Waals surface area contributed by atoms with E-state index in [0.29, 0.717) is 11.3 Å². The molecule has 6 nitrogen and oxygen atoms in total. The molecule has 1 N–H and O–H groups in total. The monoisotopic (exact) mass is 278 g/mol. The van der Waals surface area contributed by atoms with Crippen molar-refractivity contribution >= 4 is 23.5 Å². The molecule has 1 rings (SSSR count). The van der Waals surface area contributed by atoms with Gasteiger partial charge in [-0.15, -0.1) is 0 Å². The van der Waals surface area contributed by atoms with Crippen LogP contribution in [0.15, 0.2) is 24.3 Å². The maximum absolute atomic E-state index is 11.8. The van der Waals surface area contributed by atoms with E-state index in [1.54, 1.807) is 31.3 Å². The first-order valence-electron chi connectivity index (χ1n) is 6.14. The van der Waals surface area contributed by atoms with Crippen molar-refractivity contribution in [1.82, 2.24) is 4.90 Å². The molecule has 0 saturated carbocycles. The van der Waals surface area contributed by atoms with Gasteiger partial charge >= 0.3 is 12.0 Å². The van der Waals surface area contributed by atoms with Crippen LogP contribution in [-0.4, -0.2) is 43.4 Å². The summed E-state index contributed by atoms with van der Waals surface area (Å²) in [6.45, 7) is 1.75. The van der Waals surface area contributed by atoms with E-state index in [1.807, 2.05) is 0 Å². The van der Waals surface area contributed by atoms with Crippen molar-refractivity contribution < 1.29 is 19.1 Å². The Kier molecular flexibility index (Phi) is 5.71. The summed E-state index contributed by atoms with van der Waals surface area (Å²) < 4.78 is 4.50. The van der Waals surface area contributed by atoms with Gasteiger partial charge in [-0.3, -0.25) is 9.59 Å². The summed E-state index contributed by atoms with van der Waals surface area (Å²) in [5, 5.41) is 2.67. The third-order valence-corrected chi connectivity index (χ3v) is 2.77. The highest BCUT2D eigenvalue weighted by Crippen LogP contribution is 2.10. The van der Waals surface area contributed by atoms with E-state index in [2.05, 4.69) is 10.1 Å². The highest BCUT2D eigenvalue weighted by atomic mass is 16.5. The predicted octanol–water partition coefficient (Wildman–Crippen LogP) is 1.92. The topological polar surface area (TPSA) is 75.7 Å². The second-order valence-corrected chi connectivity index (χ2v) is 4.31. The first kappa shape index (κ1) is 15.7. The first-order valence-corrected chi connectivity index (χ1v) is 6.14. The van der Waals surface area contributed by atoms with Crippen LogP contribution in [0.25, 0.3) is 0 Å². The Labute approximate surface area is 117 Å². The lowest BCUT2D eigenvalue weighted by Crippen LogP contribution is -2.33. The standard InChI is InChI=1S/C14H18N2O4/c1-10(17)11-4-6-12(7-5-11)15-14(19)16(2)9-8-13(18)20-3/h4-7H,8-9H2,1-3H3,(H,15,19). The van der Waals surface area contributed by atoms with Gasteiger partial charge in [0.2, 0.25) is 0 Å². The van der Waals surface area contributed by atoms with E-state index < -0.39 is 0 Å². The zero-order chi connectivity index (χ0) is 15.1. The Balaban J connectivity index is 2.52. The number of rotatable bonds is 5. The van der Waals surface area contributed by atoms with Crippen molar-refractivity contribution in [3.63, 3.8) is 0 Å². The molecule has 0 atom stereocenters. The molecular weight excluding hydrogens is 260 g/mol. The molecule has 0 saturated heterocycles. The number of hydrogen-bond acceptors (Lipinski definition) is 4. The van der Waals surface area contributed by atoms with Gasteiger partial charge in [-0.1, -0.05) is 0 Å². The van der Waals surface area contributed by atoms with E-state index >= 15 is 0 Å². The Morgan fingerprint density at radius 1 is 1.20 bits per heavy atom. The number of carbonyl (C=O) groups excluding carboxylic acids is 3. The summed E-state index contributed by atoms with van der Waals surface area (Å²) in [5.74, 6) is -0.395. The number of carbonyl (C=O) groups is 3. The van der Waals surface area contributed by atoms with E-state index in [4.69, 9.17) is 0 Å². The Morgan fingerprint density at radius 2 is 1.80 bits per heavy atom. The van der Waals surface area contributed by atoms with Crippen LogP contribution in [0.3, 0.4) is 0 Å². The van der Waals surface area contributed by atoms with Gasteiger partial charge in [0.1, 0.15) is 0 Å². The number of amides is 2. The number of esters is 1. The van der Waals surface area contributed by atoms with Crippen molar-refractivity contribution in [3.05, 3.63) is 29.8 Å². The second-order valence-electron chi connectivity index (χ2n) is 4.31. The highest BCUT2D eigenvalue weighted by molar-refractivity contribution is 5.95. The van der Waals surface area contributed by atoms with Gasteiger partial charge in [-0.2, -0.15) is 0 Å². The first-order chi connectivity index (χ1) is 9.43. The van der Waals surface area contributed by atoms with Gasteiger partial charge in [0.15, 0.2) is 5.78 Å². The van der Waals surface area contributed by atoms with Gasteiger partial charge in [0, 0.05) is 24.8 Å². The van der Waals surface area contributed by atoms with E-state index in [9.17, 15) is 14.4 Å². The number of methoxy groups -OCH3 is 1. The van der Waals surface area contributed by atoms with Crippen LogP contribution in [0.4, 0.5) is 10.5 Å². The van der Waals surface area contributed by atoms with Gasteiger partial charge in [-0.25, -0.2) is 4.79 Å². The highest BCUT2D eigenvalue weighted by Gasteiger charge is 2.11. The minimum absolute atomic E-state index is 0.0296. The van der Waals surface area contributed by atoms with Crippen LogP contribution in [0.5, 0.6) is 0 Å². The molecule has 0 aromatic heterocycles. The molecule has 0 aliphatic rings. The zero-order valence-corrected chi connectivity index (χ0v) is 11.8. The second kappa shape index (κ2) is 7.28. The predicted molar refractivity (Wildman–Crippen MR) is 74.7 cm³/mol. The van der Waals surface area contributed by atoms with Gasteiger partial charge in [0.05, 0.1) is 13.5 Å². The molecule has 0 heterocycles. The molecule has 0 bridgehead atoms. The zero-order valence-electron chi connectivity index (χ0n) is 11.8. The molecule has 0 radical (unpaired) electrons. The van der Waals surface area contributed by atoms with E-state index in [-0.39, 0.29) is 30.7 Å². The molecule has 0 aliphatic carbocycles. The Morgan fingerprint density at radius 3 is 2.30 bits per heavy atom. The molecular formula is C14H18N2O4. The van der Waals surface area contributed by atoms with Crippen molar-refractivity contribution in [2.75, 3.05) is 26.0 Å². The summed E-state index contributed by atoms with van der Waals surface area (Å²) in [4.78, 5) is 35.3. The van der Waals surface area contributed by atoms with Gasteiger partial charge in [-0.05, 0) is 31.2 Å². The summed E-state index contributed by atoms with van der Waals surface area (Å²) in [5.41, 5.74) is 1.17. The summed E-state index contributed by atoms with van der Waals surface area (Å²) in [6, 6.07) is 6.27. The SMILES string of the molecule is COC(=O)CCN(C)C(=O)Nc1ccc(C(C)=O)cc1.